The van der Waals surface area contributed by atoms with Crippen molar-refractivity contribution in [2.75, 3.05) is 18.4 Å². The Morgan fingerprint density at radius 1 is 1.21 bits per heavy atom. The lowest BCUT2D eigenvalue weighted by atomic mass is 9.96. The van der Waals surface area contributed by atoms with Crippen LogP contribution in [-0.4, -0.2) is 41.4 Å². The van der Waals surface area contributed by atoms with Crippen molar-refractivity contribution in [3.63, 3.8) is 0 Å². The maximum absolute atomic E-state index is 13.0. The Bertz CT molecular complexity index is 1150. The van der Waals surface area contributed by atoms with Crippen molar-refractivity contribution >= 4 is 28.8 Å². The van der Waals surface area contributed by atoms with Gasteiger partial charge < -0.3 is 15.0 Å². The number of nitrogens with zero attached hydrogens (tertiary/aromatic N) is 2. The summed E-state index contributed by atoms with van der Waals surface area (Å²) >= 11 is 1.56. The third-order valence-corrected chi connectivity index (χ3v) is 6.23. The van der Waals surface area contributed by atoms with Gasteiger partial charge in [0.1, 0.15) is 5.75 Å². The van der Waals surface area contributed by atoms with Crippen molar-refractivity contribution in [1.82, 2.24) is 9.88 Å². The molecular weight excluding hydrogens is 448 g/mol. The van der Waals surface area contributed by atoms with Gasteiger partial charge in [-0.1, -0.05) is 24.3 Å². The predicted molar refractivity (Wildman–Crippen MR) is 123 cm³/mol. The zero-order chi connectivity index (χ0) is 23.4. The molecule has 1 aliphatic heterocycles. The molecule has 6 nitrogen and oxygen atoms in total. The first-order valence-corrected chi connectivity index (χ1v) is 11.4. The summed E-state index contributed by atoms with van der Waals surface area (Å²) in [5, 5.41) is 5.87. The van der Waals surface area contributed by atoms with Gasteiger partial charge in [0.2, 0.25) is 5.91 Å². The van der Waals surface area contributed by atoms with E-state index < -0.39 is 18.4 Å². The van der Waals surface area contributed by atoms with Gasteiger partial charge in [-0.3, -0.25) is 9.59 Å². The lowest BCUT2D eigenvalue weighted by Crippen LogP contribution is -2.43. The van der Waals surface area contributed by atoms with Gasteiger partial charge in [-0.05, 0) is 44.0 Å². The van der Waals surface area contributed by atoms with E-state index in [0.717, 1.165) is 16.3 Å². The highest BCUT2D eigenvalue weighted by molar-refractivity contribution is 7.09. The summed E-state index contributed by atoms with van der Waals surface area (Å²) in [4.78, 5) is 31.9. The number of alkyl halides is 2. The van der Waals surface area contributed by atoms with E-state index in [1.807, 2.05) is 36.6 Å². The van der Waals surface area contributed by atoms with Crippen LogP contribution < -0.4 is 10.1 Å². The molecule has 1 aromatic heterocycles. The number of thiazole rings is 1. The Kier molecular flexibility index (Phi) is 6.98. The molecule has 0 saturated carbocycles. The molecule has 2 amide bonds. The summed E-state index contributed by atoms with van der Waals surface area (Å²) in [7, 11) is 0. The smallest absolute Gasteiger partial charge is 0.387 e. The molecule has 0 spiro atoms. The van der Waals surface area contributed by atoms with E-state index in [9.17, 15) is 18.4 Å². The molecule has 1 N–H and O–H groups in total. The predicted octanol–water partition coefficient (Wildman–Crippen LogP) is 5.21. The average Bonchev–Trinajstić information content (AvgIpc) is 3.25. The average molecular weight is 472 g/mol. The summed E-state index contributed by atoms with van der Waals surface area (Å²) < 4.78 is 29.9. The molecule has 1 atom stereocenters. The largest absolute Gasteiger partial charge is 0.434 e. The normalized spacial score (nSPS) is 16.0. The number of para-hydroxylation sites is 1. The van der Waals surface area contributed by atoms with Crippen molar-refractivity contribution in [2.24, 2.45) is 5.92 Å². The second-order valence-corrected chi connectivity index (χ2v) is 8.85. The number of benzene rings is 2. The van der Waals surface area contributed by atoms with Crippen LogP contribution in [0.3, 0.4) is 0 Å². The third kappa shape index (κ3) is 5.54. The summed E-state index contributed by atoms with van der Waals surface area (Å²) in [5.41, 5.74) is 2.48. The number of ether oxygens (including phenoxy) is 1. The van der Waals surface area contributed by atoms with E-state index in [2.05, 4.69) is 15.0 Å². The Morgan fingerprint density at radius 2 is 2.03 bits per heavy atom. The number of hydrogen-bond donors (Lipinski definition) is 1. The minimum atomic E-state index is -3.03. The quantitative estimate of drug-likeness (QED) is 0.536. The lowest BCUT2D eigenvalue weighted by molar-refractivity contribution is -0.121. The number of aromatic nitrogens is 1. The number of hydrogen-bond acceptors (Lipinski definition) is 5. The van der Waals surface area contributed by atoms with E-state index in [1.54, 1.807) is 17.4 Å². The van der Waals surface area contributed by atoms with E-state index in [0.29, 0.717) is 25.1 Å². The van der Waals surface area contributed by atoms with E-state index >= 15 is 0 Å². The molecule has 33 heavy (non-hydrogen) atoms. The number of piperidine rings is 1. The van der Waals surface area contributed by atoms with Crippen LogP contribution in [0.1, 0.15) is 28.2 Å². The molecule has 1 saturated heterocycles. The monoisotopic (exact) mass is 471 g/mol. The van der Waals surface area contributed by atoms with E-state index in [-0.39, 0.29) is 23.8 Å². The molecule has 0 radical (unpaired) electrons. The molecule has 172 valence electrons. The van der Waals surface area contributed by atoms with Gasteiger partial charge in [0.25, 0.3) is 5.91 Å². The minimum absolute atomic E-state index is 0.0603. The topological polar surface area (TPSA) is 71.5 Å². The zero-order valence-electron chi connectivity index (χ0n) is 18.0. The van der Waals surface area contributed by atoms with Crippen LogP contribution in [0.4, 0.5) is 14.5 Å². The number of aryl methyl sites for hydroxylation is 1. The maximum Gasteiger partial charge on any atom is 0.387 e. The molecule has 9 heteroatoms. The Labute approximate surface area is 194 Å². The molecule has 2 aromatic carbocycles. The van der Waals surface area contributed by atoms with Gasteiger partial charge in [-0.25, -0.2) is 4.98 Å². The van der Waals surface area contributed by atoms with Gasteiger partial charge >= 0.3 is 6.61 Å². The second-order valence-electron chi connectivity index (χ2n) is 7.79. The van der Waals surface area contributed by atoms with Crippen molar-refractivity contribution in [3.05, 3.63) is 64.5 Å². The highest BCUT2D eigenvalue weighted by Gasteiger charge is 2.30. The summed E-state index contributed by atoms with van der Waals surface area (Å²) in [6.07, 6.45) is 1.27. The fourth-order valence-electron chi connectivity index (χ4n) is 3.88. The van der Waals surface area contributed by atoms with Crippen LogP contribution in [0.5, 0.6) is 5.75 Å². The van der Waals surface area contributed by atoms with Crippen LogP contribution >= 0.6 is 11.3 Å². The van der Waals surface area contributed by atoms with Crippen molar-refractivity contribution < 1.29 is 23.1 Å². The molecule has 2 heterocycles. The number of nitrogens with one attached hydrogen (secondary N) is 1. The van der Waals surface area contributed by atoms with Crippen molar-refractivity contribution in [2.45, 2.75) is 26.4 Å². The minimum Gasteiger partial charge on any atom is -0.434 e. The van der Waals surface area contributed by atoms with Gasteiger partial charge in [-0.15, -0.1) is 11.3 Å². The molecule has 1 fully saturated rings. The molecule has 1 aliphatic rings. The fraction of sp³-hybridized carbons (Fsp3) is 0.292. The van der Waals surface area contributed by atoms with Crippen molar-refractivity contribution in [3.8, 4) is 17.0 Å². The third-order valence-electron chi connectivity index (χ3n) is 5.46. The standard InChI is InChI=1S/C24H23F2N3O3S/c1-15-27-20(14-33-15)16-6-4-8-18(12-16)28-22(30)17-7-5-11-29(13-17)23(31)19-9-2-3-10-21(19)32-24(25)26/h2-4,6,8-10,12,14,17,24H,5,7,11,13H2,1H3,(H,28,30). The summed E-state index contributed by atoms with van der Waals surface area (Å²) in [5.74, 6) is -1.19. The molecule has 0 aliphatic carbocycles. The van der Waals surface area contributed by atoms with Crippen LogP contribution in [0.2, 0.25) is 0 Å². The highest BCUT2D eigenvalue weighted by Crippen LogP contribution is 2.27. The number of carbonyl (C=O) groups excluding carboxylic acids is 2. The Balaban J connectivity index is 1.44. The number of carbonyl (C=O) groups is 2. The van der Waals surface area contributed by atoms with Gasteiger partial charge in [-0.2, -0.15) is 8.78 Å². The number of likely N-dealkylation sites (tertiary alicyclic amines) is 1. The molecule has 3 aromatic rings. The molecule has 4 rings (SSSR count). The number of anilines is 1. The van der Waals surface area contributed by atoms with E-state index in [1.165, 1.54) is 23.1 Å². The van der Waals surface area contributed by atoms with Crippen LogP contribution in [-0.2, 0) is 4.79 Å². The van der Waals surface area contributed by atoms with Gasteiger partial charge in [0.15, 0.2) is 0 Å². The molecular formula is C24H23F2N3O3S. The van der Waals surface area contributed by atoms with E-state index in [4.69, 9.17) is 0 Å². The lowest BCUT2D eigenvalue weighted by Gasteiger charge is -2.32. The first kappa shape index (κ1) is 22.8. The zero-order valence-corrected chi connectivity index (χ0v) is 18.8. The summed E-state index contributed by atoms with van der Waals surface area (Å²) in [6.45, 7) is -0.431. The van der Waals surface area contributed by atoms with Gasteiger partial charge in [0.05, 0.1) is 22.2 Å². The Hall–Kier alpha value is -3.33. The molecule has 0 bridgehead atoms. The number of halogens is 2. The fourth-order valence-corrected chi connectivity index (χ4v) is 4.51. The molecule has 1 unspecified atom stereocenters. The second kappa shape index (κ2) is 10.1. The van der Waals surface area contributed by atoms with Gasteiger partial charge in [0, 0.05) is 29.7 Å². The highest BCUT2D eigenvalue weighted by atomic mass is 32.1. The number of rotatable bonds is 6. The number of amides is 2. The SMILES string of the molecule is Cc1nc(-c2cccc(NC(=O)C3CCCN(C(=O)c4ccccc4OC(F)F)C3)c2)cs1. The Morgan fingerprint density at radius 3 is 2.79 bits per heavy atom. The van der Waals surface area contributed by atoms with Crippen LogP contribution in [0.15, 0.2) is 53.9 Å². The van der Waals surface area contributed by atoms with Crippen molar-refractivity contribution in [1.29, 1.82) is 0 Å². The summed E-state index contributed by atoms with van der Waals surface area (Å²) in [6, 6.07) is 13.4. The van der Waals surface area contributed by atoms with Crippen LogP contribution in [0.25, 0.3) is 11.3 Å². The maximum atomic E-state index is 13.0. The first-order valence-electron chi connectivity index (χ1n) is 10.6. The van der Waals surface area contributed by atoms with Crippen LogP contribution in [0, 0.1) is 12.8 Å². The first-order chi connectivity index (χ1) is 15.9.